The summed E-state index contributed by atoms with van der Waals surface area (Å²) in [6.45, 7) is 2.09. The van der Waals surface area contributed by atoms with Crippen LogP contribution in [0.15, 0.2) is 46.9 Å². The number of nitrogens with one attached hydrogen (secondary N) is 2. The minimum atomic E-state index is -0.313. The summed E-state index contributed by atoms with van der Waals surface area (Å²) in [6, 6.07) is 11.3. The van der Waals surface area contributed by atoms with Gasteiger partial charge in [-0.25, -0.2) is 9.37 Å². The highest BCUT2D eigenvalue weighted by Crippen LogP contribution is 2.26. The van der Waals surface area contributed by atoms with Crippen molar-refractivity contribution in [1.29, 1.82) is 0 Å². The Labute approximate surface area is 162 Å². The maximum Gasteiger partial charge on any atom is 0.227 e. The zero-order valence-corrected chi connectivity index (χ0v) is 15.7. The first kappa shape index (κ1) is 19.0. The van der Waals surface area contributed by atoms with Crippen LogP contribution in [0.25, 0.3) is 22.6 Å². The van der Waals surface area contributed by atoms with Crippen molar-refractivity contribution in [3.05, 3.63) is 48.3 Å². The minimum absolute atomic E-state index is 0.0953. The molecule has 0 aliphatic rings. The van der Waals surface area contributed by atoms with Gasteiger partial charge in [0.05, 0.1) is 0 Å². The third-order valence-electron chi connectivity index (χ3n) is 4.00. The second-order valence-electron chi connectivity index (χ2n) is 6.17. The van der Waals surface area contributed by atoms with Crippen molar-refractivity contribution in [2.75, 3.05) is 5.32 Å². The van der Waals surface area contributed by atoms with E-state index in [1.54, 1.807) is 30.3 Å². The summed E-state index contributed by atoms with van der Waals surface area (Å²) >= 11 is 5.19. The topological polar surface area (TPSA) is 67.2 Å². The largest absolute Gasteiger partial charge is 0.436 e. The van der Waals surface area contributed by atoms with Crippen LogP contribution in [0, 0.1) is 5.82 Å². The number of anilines is 1. The summed E-state index contributed by atoms with van der Waals surface area (Å²) in [7, 11) is 0. The fourth-order valence-corrected chi connectivity index (χ4v) is 2.84. The number of aromatic nitrogens is 1. The second kappa shape index (κ2) is 8.73. The molecule has 0 spiro atoms. The molecular formula is C20H20FN3O2S. The molecule has 1 heterocycles. The van der Waals surface area contributed by atoms with Crippen molar-refractivity contribution in [3.8, 4) is 11.5 Å². The monoisotopic (exact) mass is 385 g/mol. The number of amides is 1. The Hall–Kier alpha value is -2.80. The molecule has 2 N–H and O–H groups in total. The Morgan fingerprint density at radius 2 is 1.96 bits per heavy atom. The predicted octanol–water partition coefficient (Wildman–Crippen LogP) is 5.03. The fraction of sp³-hybridized carbons (Fsp3) is 0.250. The van der Waals surface area contributed by atoms with E-state index in [1.165, 1.54) is 12.1 Å². The van der Waals surface area contributed by atoms with E-state index in [0.717, 1.165) is 19.3 Å². The molecule has 0 aliphatic carbocycles. The molecule has 1 aromatic heterocycles. The average molecular weight is 385 g/mol. The van der Waals surface area contributed by atoms with Crippen LogP contribution in [0.5, 0.6) is 0 Å². The smallest absolute Gasteiger partial charge is 0.227 e. The summed E-state index contributed by atoms with van der Waals surface area (Å²) in [6.07, 6.45) is 3.39. The number of thiocarbonyl (C=S) groups is 1. The molecule has 140 valence electrons. The standard InChI is InChI=1S/C20H20FN3O2S/c1-2-3-4-5-18(25)24-20(27)22-15-10-11-17-16(12-15)23-19(26-17)13-6-8-14(21)9-7-13/h6-12H,2-5H2,1H3,(H2,22,24,25,27). The lowest BCUT2D eigenvalue weighted by atomic mass is 10.2. The second-order valence-corrected chi connectivity index (χ2v) is 6.58. The summed E-state index contributed by atoms with van der Waals surface area (Å²) < 4.78 is 18.8. The van der Waals surface area contributed by atoms with Gasteiger partial charge in [-0.2, -0.15) is 0 Å². The molecular weight excluding hydrogens is 365 g/mol. The number of fused-ring (bicyclic) bond motifs is 1. The van der Waals surface area contributed by atoms with E-state index in [4.69, 9.17) is 16.6 Å². The summed E-state index contributed by atoms with van der Waals surface area (Å²) in [5.74, 6) is 0.00242. The van der Waals surface area contributed by atoms with Gasteiger partial charge in [-0.05, 0) is 61.1 Å². The lowest BCUT2D eigenvalue weighted by molar-refractivity contribution is -0.119. The molecule has 0 aliphatic heterocycles. The predicted molar refractivity (Wildman–Crippen MR) is 108 cm³/mol. The molecule has 1 amide bonds. The molecule has 0 unspecified atom stereocenters. The van der Waals surface area contributed by atoms with Crippen molar-refractivity contribution in [1.82, 2.24) is 10.3 Å². The van der Waals surface area contributed by atoms with E-state index in [9.17, 15) is 9.18 Å². The lowest BCUT2D eigenvalue weighted by Crippen LogP contribution is -2.33. The molecule has 0 atom stereocenters. The van der Waals surface area contributed by atoms with Gasteiger partial charge in [0.1, 0.15) is 11.3 Å². The van der Waals surface area contributed by atoms with Gasteiger partial charge in [-0.1, -0.05) is 19.8 Å². The highest BCUT2D eigenvalue weighted by atomic mass is 32.1. The Bertz CT molecular complexity index is 954. The van der Waals surface area contributed by atoms with Gasteiger partial charge < -0.3 is 15.1 Å². The zero-order valence-electron chi connectivity index (χ0n) is 14.9. The fourth-order valence-electron chi connectivity index (χ4n) is 2.61. The number of oxazole rings is 1. The molecule has 0 saturated heterocycles. The third-order valence-corrected chi connectivity index (χ3v) is 4.20. The van der Waals surface area contributed by atoms with Crippen molar-refractivity contribution in [3.63, 3.8) is 0 Å². The number of nitrogens with zero attached hydrogens (tertiary/aromatic N) is 1. The minimum Gasteiger partial charge on any atom is -0.436 e. The number of carbonyl (C=O) groups is 1. The van der Waals surface area contributed by atoms with Crippen molar-refractivity contribution < 1.29 is 13.6 Å². The Morgan fingerprint density at radius 3 is 2.70 bits per heavy atom. The number of carbonyl (C=O) groups excluding carboxylic acids is 1. The van der Waals surface area contributed by atoms with E-state index in [-0.39, 0.29) is 16.8 Å². The van der Waals surface area contributed by atoms with Gasteiger partial charge in [0.15, 0.2) is 10.7 Å². The van der Waals surface area contributed by atoms with Crippen LogP contribution in [0.4, 0.5) is 10.1 Å². The third kappa shape index (κ3) is 5.10. The molecule has 3 rings (SSSR count). The highest BCUT2D eigenvalue weighted by molar-refractivity contribution is 7.80. The number of rotatable bonds is 6. The number of hydrogen-bond acceptors (Lipinski definition) is 4. The number of benzene rings is 2. The van der Waals surface area contributed by atoms with Gasteiger partial charge in [0.25, 0.3) is 0 Å². The van der Waals surface area contributed by atoms with Gasteiger partial charge >= 0.3 is 0 Å². The Kier molecular flexibility index (Phi) is 6.13. The van der Waals surface area contributed by atoms with E-state index in [2.05, 4.69) is 22.5 Å². The SMILES string of the molecule is CCCCCC(=O)NC(=S)Nc1ccc2oc(-c3ccc(F)cc3)nc2c1. The van der Waals surface area contributed by atoms with Crippen LogP contribution >= 0.6 is 12.2 Å². The summed E-state index contributed by atoms with van der Waals surface area (Å²) in [5, 5.41) is 5.90. The molecule has 2 aromatic carbocycles. The summed E-state index contributed by atoms with van der Waals surface area (Å²) in [4.78, 5) is 16.3. The maximum atomic E-state index is 13.1. The quantitative estimate of drug-likeness (QED) is 0.460. The molecule has 0 radical (unpaired) electrons. The van der Waals surface area contributed by atoms with Crippen LogP contribution in [-0.4, -0.2) is 16.0 Å². The Balaban J connectivity index is 1.66. The maximum absolute atomic E-state index is 13.1. The van der Waals surface area contributed by atoms with Crippen LogP contribution in [0.2, 0.25) is 0 Å². The highest BCUT2D eigenvalue weighted by Gasteiger charge is 2.10. The van der Waals surface area contributed by atoms with Crippen molar-refractivity contribution in [2.24, 2.45) is 0 Å². The molecule has 0 saturated carbocycles. The van der Waals surface area contributed by atoms with Crippen molar-refractivity contribution in [2.45, 2.75) is 32.6 Å². The number of hydrogen-bond donors (Lipinski definition) is 2. The molecule has 3 aromatic rings. The Morgan fingerprint density at radius 1 is 1.19 bits per heavy atom. The molecule has 0 fully saturated rings. The number of unbranched alkanes of at least 4 members (excludes halogenated alkanes) is 2. The lowest BCUT2D eigenvalue weighted by Gasteiger charge is -2.09. The van der Waals surface area contributed by atoms with E-state index < -0.39 is 0 Å². The van der Waals surface area contributed by atoms with Crippen LogP contribution in [-0.2, 0) is 4.79 Å². The summed E-state index contributed by atoms with van der Waals surface area (Å²) in [5.41, 5.74) is 2.63. The first-order chi connectivity index (χ1) is 13.0. The number of halogens is 1. The average Bonchev–Trinajstić information content (AvgIpc) is 3.05. The normalized spacial score (nSPS) is 10.7. The van der Waals surface area contributed by atoms with E-state index in [0.29, 0.717) is 34.7 Å². The van der Waals surface area contributed by atoms with Crippen LogP contribution in [0.1, 0.15) is 32.6 Å². The van der Waals surface area contributed by atoms with Crippen molar-refractivity contribution >= 4 is 40.0 Å². The van der Waals surface area contributed by atoms with Crippen LogP contribution in [0.3, 0.4) is 0 Å². The van der Waals surface area contributed by atoms with Gasteiger partial charge in [0.2, 0.25) is 11.8 Å². The first-order valence-corrected chi connectivity index (χ1v) is 9.23. The van der Waals surface area contributed by atoms with Gasteiger partial charge in [-0.15, -0.1) is 0 Å². The first-order valence-electron chi connectivity index (χ1n) is 8.82. The molecule has 5 nitrogen and oxygen atoms in total. The molecule has 0 bridgehead atoms. The zero-order chi connectivity index (χ0) is 19.2. The van der Waals surface area contributed by atoms with E-state index >= 15 is 0 Å². The van der Waals surface area contributed by atoms with Gasteiger partial charge in [0, 0.05) is 17.7 Å². The van der Waals surface area contributed by atoms with Gasteiger partial charge in [-0.3, -0.25) is 4.79 Å². The molecule has 27 heavy (non-hydrogen) atoms. The van der Waals surface area contributed by atoms with E-state index in [1.807, 2.05) is 0 Å². The van der Waals surface area contributed by atoms with Crippen LogP contribution < -0.4 is 10.6 Å². The molecule has 7 heteroatoms.